The van der Waals surface area contributed by atoms with Crippen LogP contribution >= 0.6 is 11.3 Å². The number of nitrogens with zero attached hydrogens (tertiary/aromatic N) is 1. The van der Waals surface area contributed by atoms with Crippen LogP contribution < -0.4 is 11.1 Å². The van der Waals surface area contributed by atoms with Gasteiger partial charge in [0.25, 0.3) is 0 Å². The summed E-state index contributed by atoms with van der Waals surface area (Å²) < 4.78 is 1.18. The van der Waals surface area contributed by atoms with E-state index >= 15 is 0 Å². The van der Waals surface area contributed by atoms with E-state index in [9.17, 15) is 4.79 Å². The quantitative estimate of drug-likeness (QED) is 0.777. The van der Waals surface area contributed by atoms with Crippen molar-refractivity contribution in [1.82, 2.24) is 4.98 Å². The zero-order valence-electron chi connectivity index (χ0n) is 12.5. The Labute approximate surface area is 133 Å². The number of aryl methyl sites for hydroxylation is 1. The molecule has 0 aliphatic rings. The van der Waals surface area contributed by atoms with Gasteiger partial charge in [-0.05, 0) is 55.8 Å². The highest BCUT2D eigenvalue weighted by Crippen LogP contribution is 2.31. The van der Waals surface area contributed by atoms with E-state index in [1.54, 1.807) is 18.3 Å². The van der Waals surface area contributed by atoms with Crippen molar-refractivity contribution in [2.24, 2.45) is 5.73 Å². The summed E-state index contributed by atoms with van der Waals surface area (Å²) in [5.41, 5.74) is 9.56. The van der Waals surface area contributed by atoms with Crippen molar-refractivity contribution in [3.8, 4) is 10.6 Å². The Morgan fingerprint density at radius 2 is 1.95 bits per heavy atom. The highest BCUT2D eigenvalue weighted by molar-refractivity contribution is 7.21. The first-order chi connectivity index (χ1) is 10.5. The van der Waals surface area contributed by atoms with Crippen molar-refractivity contribution in [1.29, 1.82) is 0 Å². The van der Waals surface area contributed by atoms with E-state index in [-0.39, 0.29) is 5.91 Å². The molecular weight excluding hydrogens is 294 g/mol. The lowest BCUT2D eigenvalue weighted by molar-refractivity contribution is -0.117. The van der Waals surface area contributed by atoms with Crippen molar-refractivity contribution in [3.05, 3.63) is 48.0 Å². The minimum atomic E-state index is -0.521. The summed E-state index contributed by atoms with van der Waals surface area (Å²) in [7, 11) is 0. The van der Waals surface area contributed by atoms with E-state index in [1.165, 1.54) is 10.3 Å². The lowest BCUT2D eigenvalue weighted by Gasteiger charge is -2.07. The molecular formula is C17H17N3OS. The molecule has 2 aromatic carbocycles. The molecule has 0 saturated carbocycles. The van der Waals surface area contributed by atoms with Gasteiger partial charge in [-0.1, -0.05) is 6.07 Å². The number of amides is 1. The number of rotatable bonds is 3. The van der Waals surface area contributed by atoms with Crippen molar-refractivity contribution in [3.63, 3.8) is 0 Å². The maximum atomic E-state index is 11.6. The van der Waals surface area contributed by atoms with Crippen LogP contribution in [0.2, 0.25) is 0 Å². The fourth-order valence-corrected chi connectivity index (χ4v) is 3.18. The molecule has 3 rings (SSSR count). The van der Waals surface area contributed by atoms with Crippen molar-refractivity contribution in [2.75, 3.05) is 5.32 Å². The summed E-state index contributed by atoms with van der Waals surface area (Å²) >= 11 is 1.67. The SMILES string of the molecule is Cc1ccc2nc(-c3ccc(NC(=O)[C@H](C)N)cc3)sc2c1. The van der Waals surface area contributed by atoms with E-state index < -0.39 is 6.04 Å². The number of carbonyl (C=O) groups excluding carboxylic acids is 1. The van der Waals surface area contributed by atoms with Crippen LogP contribution in [0.4, 0.5) is 5.69 Å². The zero-order chi connectivity index (χ0) is 15.7. The summed E-state index contributed by atoms with van der Waals surface area (Å²) in [6.07, 6.45) is 0. The number of nitrogens with two attached hydrogens (primary N) is 1. The molecule has 0 fully saturated rings. The number of fused-ring (bicyclic) bond motifs is 1. The van der Waals surface area contributed by atoms with Crippen molar-refractivity contribution in [2.45, 2.75) is 19.9 Å². The molecule has 3 aromatic rings. The molecule has 0 bridgehead atoms. The van der Waals surface area contributed by atoms with E-state index in [2.05, 4.69) is 29.4 Å². The van der Waals surface area contributed by atoms with Gasteiger partial charge < -0.3 is 11.1 Å². The maximum absolute atomic E-state index is 11.6. The first-order valence-corrected chi connectivity index (χ1v) is 7.88. The van der Waals surface area contributed by atoms with Gasteiger partial charge >= 0.3 is 0 Å². The van der Waals surface area contributed by atoms with Gasteiger partial charge in [0.05, 0.1) is 16.3 Å². The second-order valence-corrected chi connectivity index (χ2v) is 6.38. The Morgan fingerprint density at radius 3 is 2.64 bits per heavy atom. The Hall–Kier alpha value is -2.24. The molecule has 0 unspecified atom stereocenters. The molecule has 4 nitrogen and oxygen atoms in total. The van der Waals surface area contributed by atoms with Crippen LogP contribution in [-0.4, -0.2) is 16.9 Å². The smallest absolute Gasteiger partial charge is 0.240 e. The first-order valence-electron chi connectivity index (χ1n) is 7.07. The highest BCUT2D eigenvalue weighted by Gasteiger charge is 2.09. The number of aromatic nitrogens is 1. The second-order valence-electron chi connectivity index (χ2n) is 5.35. The minimum absolute atomic E-state index is 0.191. The van der Waals surface area contributed by atoms with Crippen LogP contribution in [0.3, 0.4) is 0 Å². The van der Waals surface area contributed by atoms with E-state index in [4.69, 9.17) is 5.73 Å². The molecule has 5 heteroatoms. The average molecular weight is 311 g/mol. The Morgan fingerprint density at radius 1 is 1.23 bits per heavy atom. The minimum Gasteiger partial charge on any atom is -0.325 e. The standard InChI is InChI=1S/C17H17N3OS/c1-10-3-8-14-15(9-10)22-17(20-14)12-4-6-13(7-5-12)19-16(21)11(2)18/h3-9,11H,18H2,1-2H3,(H,19,21)/t11-/m0/s1. The molecule has 0 aliphatic carbocycles. The third-order valence-corrected chi connectivity index (χ3v) is 4.42. The predicted molar refractivity (Wildman–Crippen MR) is 92.1 cm³/mol. The van der Waals surface area contributed by atoms with Gasteiger partial charge in [0, 0.05) is 11.3 Å². The highest BCUT2D eigenvalue weighted by atomic mass is 32.1. The van der Waals surface area contributed by atoms with E-state index in [0.717, 1.165) is 21.8 Å². The molecule has 1 heterocycles. The maximum Gasteiger partial charge on any atom is 0.240 e. The third-order valence-electron chi connectivity index (χ3n) is 3.36. The van der Waals surface area contributed by atoms with Gasteiger partial charge in [-0.3, -0.25) is 4.79 Å². The molecule has 0 aliphatic heterocycles. The van der Waals surface area contributed by atoms with Gasteiger partial charge in [-0.2, -0.15) is 0 Å². The summed E-state index contributed by atoms with van der Waals surface area (Å²) in [4.78, 5) is 16.2. The number of benzene rings is 2. The van der Waals surface area contributed by atoms with Crippen LogP contribution in [0.25, 0.3) is 20.8 Å². The van der Waals surface area contributed by atoms with Crippen molar-refractivity contribution >= 4 is 33.1 Å². The number of anilines is 1. The molecule has 0 spiro atoms. The fourth-order valence-electron chi connectivity index (χ4n) is 2.11. The molecule has 1 amide bonds. The Balaban J connectivity index is 1.86. The lowest BCUT2D eigenvalue weighted by atomic mass is 10.2. The lowest BCUT2D eigenvalue weighted by Crippen LogP contribution is -2.32. The van der Waals surface area contributed by atoms with E-state index in [1.807, 2.05) is 30.3 Å². The molecule has 1 aromatic heterocycles. The largest absolute Gasteiger partial charge is 0.325 e. The summed E-state index contributed by atoms with van der Waals surface area (Å²) in [5, 5.41) is 3.75. The zero-order valence-corrected chi connectivity index (χ0v) is 13.3. The molecule has 0 radical (unpaired) electrons. The molecule has 3 N–H and O–H groups in total. The van der Waals surface area contributed by atoms with Crippen LogP contribution in [0.1, 0.15) is 12.5 Å². The summed E-state index contributed by atoms with van der Waals surface area (Å²) in [6, 6.07) is 13.4. The summed E-state index contributed by atoms with van der Waals surface area (Å²) in [5.74, 6) is -0.191. The number of hydrogen-bond donors (Lipinski definition) is 2. The van der Waals surface area contributed by atoms with Gasteiger partial charge in [0.15, 0.2) is 0 Å². The summed E-state index contributed by atoms with van der Waals surface area (Å²) in [6.45, 7) is 3.74. The van der Waals surface area contributed by atoms with Gasteiger partial charge in [-0.15, -0.1) is 11.3 Å². The Kier molecular flexibility index (Phi) is 3.92. The van der Waals surface area contributed by atoms with Gasteiger partial charge in [0.2, 0.25) is 5.91 Å². The van der Waals surface area contributed by atoms with Gasteiger partial charge in [-0.25, -0.2) is 4.98 Å². The normalized spacial score (nSPS) is 12.3. The number of hydrogen-bond acceptors (Lipinski definition) is 4. The average Bonchev–Trinajstić information content (AvgIpc) is 2.90. The van der Waals surface area contributed by atoms with Crippen LogP contribution in [0.15, 0.2) is 42.5 Å². The fraction of sp³-hybridized carbons (Fsp3) is 0.176. The van der Waals surface area contributed by atoms with Crippen molar-refractivity contribution < 1.29 is 4.79 Å². The van der Waals surface area contributed by atoms with E-state index in [0.29, 0.717) is 0 Å². The number of nitrogens with one attached hydrogen (secondary N) is 1. The third kappa shape index (κ3) is 3.00. The van der Waals surface area contributed by atoms with Crippen LogP contribution in [0, 0.1) is 6.92 Å². The topological polar surface area (TPSA) is 68.0 Å². The first kappa shape index (κ1) is 14.7. The number of thiazole rings is 1. The molecule has 0 saturated heterocycles. The van der Waals surface area contributed by atoms with Crippen LogP contribution in [0.5, 0.6) is 0 Å². The molecule has 22 heavy (non-hydrogen) atoms. The molecule has 1 atom stereocenters. The van der Waals surface area contributed by atoms with Crippen LogP contribution in [-0.2, 0) is 4.79 Å². The molecule has 112 valence electrons. The second kappa shape index (κ2) is 5.87. The predicted octanol–water partition coefficient (Wildman–Crippen LogP) is 3.56. The monoisotopic (exact) mass is 311 g/mol. The Bertz CT molecular complexity index is 822. The van der Waals surface area contributed by atoms with Gasteiger partial charge in [0.1, 0.15) is 5.01 Å². The number of carbonyl (C=O) groups is 1.